The summed E-state index contributed by atoms with van der Waals surface area (Å²) in [5, 5.41) is 0. The van der Waals surface area contributed by atoms with Gasteiger partial charge in [0.15, 0.2) is 0 Å². The predicted octanol–water partition coefficient (Wildman–Crippen LogP) is 2.92. The molecule has 0 aliphatic carbocycles. The number of carbonyl (C=O) groups excluding carboxylic acids is 1. The van der Waals surface area contributed by atoms with Crippen LogP contribution in [-0.2, 0) is 9.53 Å². The van der Waals surface area contributed by atoms with Crippen LogP contribution in [0.2, 0.25) is 0 Å². The number of benzene rings is 1. The van der Waals surface area contributed by atoms with E-state index in [0.29, 0.717) is 12.3 Å². The van der Waals surface area contributed by atoms with Gasteiger partial charge >= 0.3 is 0 Å². The fourth-order valence-corrected chi connectivity index (χ4v) is 2.56. The second kappa shape index (κ2) is 5.92. The van der Waals surface area contributed by atoms with E-state index < -0.39 is 0 Å². The lowest BCUT2D eigenvalue weighted by Crippen LogP contribution is -2.22. The number of hydrogen-bond donors (Lipinski definition) is 0. The van der Waals surface area contributed by atoms with Crippen LogP contribution >= 0.6 is 0 Å². The zero-order valence-corrected chi connectivity index (χ0v) is 9.77. The molecule has 92 valence electrons. The molecule has 0 spiro atoms. The van der Waals surface area contributed by atoms with Crippen molar-refractivity contribution >= 4 is 6.29 Å². The van der Waals surface area contributed by atoms with Crippen molar-refractivity contribution in [2.75, 3.05) is 13.2 Å². The van der Waals surface area contributed by atoms with Gasteiger partial charge in [-0.15, -0.1) is 0 Å². The standard InChI is InChI=1S/C14H17FO2/c15-13-3-1-2-12(10-13)14(4-7-16)11-5-8-17-9-6-11/h1-3,7,10-11,14H,4-6,8-9H2. The fourth-order valence-electron chi connectivity index (χ4n) is 2.56. The number of rotatable bonds is 4. The number of halogens is 1. The third kappa shape index (κ3) is 3.13. The summed E-state index contributed by atoms with van der Waals surface area (Å²) in [4.78, 5) is 10.8. The number of carbonyl (C=O) groups is 1. The fraction of sp³-hybridized carbons (Fsp3) is 0.500. The van der Waals surface area contributed by atoms with Crippen LogP contribution in [0, 0.1) is 11.7 Å². The first-order chi connectivity index (χ1) is 8.31. The van der Waals surface area contributed by atoms with Gasteiger partial charge in [-0.2, -0.15) is 0 Å². The highest BCUT2D eigenvalue weighted by Crippen LogP contribution is 2.34. The zero-order valence-electron chi connectivity index (χ0n) is 9.77. The molecular formula is C14H17FO2. The van der Waals surface area contributed by atoms with Crippen molar-refractivity contribution in [1.82, 2.24) is 0 Å². The van der Waals surface area contributed by atoms with E-state index in [4.69, 9.17) is 4.74 Å². The number of hydrogen-bond acceptors (Lipinski definition) is 2. The Bertz CT molecular complexity index is 372. The molecule has 0 amide bonds. The maximum absolute atomic E-state index is 13.2. The lowest BCUT2D eigenvalue weighted by Gasteiger charge is -2.29. The van der Waals surface area contributed by atoms with Crippen LogP contribution in [0.4, 0.5) is 4.39 Å². The van der Waals surface area contributed by atoms with Crippen molar-refractivity contribution in [1.29, 1.82) is 0 Å². The summed E-state index contributed by atoms with van der Waals surface area (Å²) in [7, 11) is 0. The molecular weight excluding hydrogens is 219 g/mol. The first-order valence-corrected chi connectivity index (χ1v) is 6.08. The van der Waals surface area contributed by atoms with Crippen molar-refractivity contribution < 1.29 is 13.9 Å². The molecule has 1 aromatic carbocycles. The molecule has 1 saturated heterocycles. The second-order valence-corrected chi connectivity index (χ2v) is 4.51. The molecule has 1 aliphatic heterocycles. The largest absolute Gasteiger partial charge is 0.381 e. The minimum absolute atomic E-state index is 0.132. The molecule has 0 aromatic heterocycles. The molecule has 17 heavy (non-hydrogen) atoms. The maximum atomic E-state index is 13.2. The Morgan fingerprint density at radius 1 is 1.41 bits per heavy atom. The van der Waals surface area contributed by atoms with E-state index in [1.54, 1.807) is 12.1 Å². The van der Waals surface area contributed by atoms with E-state index in [2.05, 4.69) is 0 Å². The molecule has 2 rings (SSSR count). The summed E-state index contributed by atoms with van der Waals surface area (Å²) < 4.78 is 18.5. The van der Waals surface area contributed by atoms with Gasteiger partial charge in [-0.3, -0.25) is 0 Å². The molecule has 1 aliphatic rings. The van der Waals surface area contributed by atoms with Crippen molar-refractivity contribution in [3.8, 4) is 0 Å². The van der Waals surface area contributed by atoms with E-state index in [1.807, 2.05) is 6.07 Å². The summed E-state index contributed by atoms with van der Waals surface area (Å²) in [6.45, 7) is 1.49. The van der Waals surface area contributed by atoms with Gasteiger partial charge in [-0.05, 0) is 42.4 Å². The van der Waals surface area contributed by atoms with Crippen LogP contribution in [0.5, 0.6) is 0 Å². The highest BCUT2D eigenvalue weighted by Gasteiger charge is 2.25. The van der Waals surface area contributed by atoms with Crippen LogP contribution in [0.15, 0.2) is 24.3 Å². The number of aldehydes is 1. The van der Waals surface area contributed by atoms with Crippen LogP contribution < -0.4 is 0 Å². The normalized spacial score (nSPS) is 18.9. The summed E-state index contributed by atoms with van der Waals surface area (Å²) >= 11 is 0. The highest BCUT2D eigenvalue weighted by atomic mass is 19.1. The molecule has 1 fully saturated rings. The SMILES string of the molecule is O=CCC(c1cccc(F)c1)C1CCOCC1. The molecule has 1 atom stereocenters. The minimum atomic E-state index is -0.231. The lowest BCUT2D eigenvalue weighted by atomic mass is 9.79. The van der Waals surface area contributed by atoms with Crippen molar-refractivity contribution in [3.05, 3.63) is 35.6 Å². The van der Waals surface area contributed by atoms with Gasteiger partial charge in [-0.25, -0.2) is 4.39 Å². The Labute approximate surface area is 101 Å². The first kappa shape index (κ1) is 12.2. The molecule has 1 unspecified atom stereocenters. The monoisotopic (exact) mass is 236 g/mol. The quantitative estimate of drug-likeness (QED) is 0.751. The first-order valence-electron chi connectivity index (χ1n) is 6.08. The molecule has 0 bridgehead atoms. The van der Waals surface area contributed by atoms with Crippen molar-refractivity contribution in [2.45, 2.75) is 25.2 Å². The average molecular weight is 236 g/mol. The van der Waals surface area contributed by atoms with E-state index in [0.717, 1.165) is 37.9 Å². The zero-order chi connectivity index (χ0) is 12.1. The Morgan fingerprint density at radius 3 is 2.82 bits per heavy atom. The average Bonchev–Trinajstić information content (AvgIpc) is 2.37. The predicted molar refractivity (Wildman–Crippen MR) is 63.4 cm³/mol. The molecule has 0 N–H and O–H groups in total. The summed E-state index contributed by atoms with van der Waals surface area (Å²) in [6.07, 6.45) is 3.31. The minimum Gasteiger partial charge on any atom is -0.381 e. The van der Waals surface area contributed by atoms with E-state index >= 15 is 0 Å². The summed E-state index contributed by atoms with van der Waals surface area (Å²) in [5.74, 6) is 0.327. The molecule has 3 heteroatoms. The Morgan fingerprint density at radius 2 is 2.18 bits per heavy atom. The van der Waals surface area contributed by atoms with E-state index in [-0.39, 0.29) is 11.7 Å². The van der Waals surface area contributed by atoms with Crippen LogP contribution in [0.3, 0.4) is 0 Å². The van der Waals surface area contributed by atoms with Gasteiger partial charge in [0.05, 0.1) is 0 Å². The van der Waals surface area contributed by atoms with Crippen LogP contribution in [0.1, 0.15) is 30.7 Å². The topological polar surface area (TPSA) is 26.3 Å². The molecule has 1 heterocycles. The lowest BCUT2D eigenvalue weighted by molar-refractivity contribution is -0.108. The van der Waals surface area contributed by atoms with E-state index in [1.165, 1.54) is 6.07 Å². The van der Waals surface area contributed by atoms with Crippen LogP contribution in [0.25, 0.3) is 0 Å². The Hall–Kier alpha value is -1.22. The van der Waals surface area contributed by atoms with Gasteiger partial charge in [0.1, 0.15) is 12.1 Å². The van der Waals surface area contributed by atoms with E-state index in [9.17, 15) is 9.18 Å². The van der Waals surface area contributed by atoms with Gasteiger partial charge in [-0.1, -0.05) is 12.1 Å². The second-order valence-electron chi connectivity index (χ2n) is 4.51. The van der Waals surface area contributed by atoms with Crippen molar-refractivity contribution in [3.63, 3.8) is 0 Å². The van der Waals surface area contributed by atoms with Gasteiger partial charge in [0, 0.05) is 19.6 Å². The molecule has 0 radical (unpaired) electrons. The summed E-state index contributed by atoms with van der Waals surface area (Å²) in [6, 6.07) is 6.60. The third-order valence-corrected chi connectivity index (χ3v) is 3.46. The molecule has 0 saturated carbocycles. The molecule has 2 nitrogen and oxygen atoms in total. The van der Waals surface area contributed by atoms with Gasteiger partial charge < -0.3 is 9.53 Å². The van der Waals surface area contributed by atoms with Crippen LogP contribution in [-0.4, -0.2) is 19.5 Å². The van der Waals surface area contributed by atoms with Crippen molar-refractivity contribution in [2.24, 2.45) is 5.92 Å². The molecule has 1 aromatic rings. The third-order valence-electron chi connectivity index (χ3n) is 3.46. The van der Waals surface area contributed by atoms with Gasteiger partial charge in [0.2, 0.25) is 0 Å². The van der Waals surface area contributed by atoms with Gasteiger partial charge in [0.25, 0.3) is 0 Å². The smallest absolute Gasteiger partial charge is 0.123 e. The summed E-state index contributed by atoms with van der Waals surface area (Å²) in [5.41, 5.74) is 0.934. The maximum Gasteiger partial charge on any atom is 0.123 e. The number of ether oxygens (including phenoxy) is 1. The Balaban J connectivity index is 2.18. The Kier molecular flexibility index (Phi) is 4.26. The highest BCUT2D eigenvalue weighted by molar-refractivity contribution is 5.51.